The van der Waals surface area contributed by atoms with E-state index in [9.17, 15) is 4.79 Å². The molecule has 0 unspecified atom stereocenters. The molecule has 134 valence electrons. The molecular formula is C19H25N3O3. The van der Waals surface area contributed by atoms with Gasteiger partial charge in [-0.15, -0.1) is 0 Å². The number of urea groups is 1. The van der Waals surface area contributed by atoms with Crippen LogP contribution >= 0.6 is 0 Å². The van der Waals surface area contributed by atoms with Gasteiger partial charge in [-0.05, 0) is 44.4 Å². The average Bonchev–Trinajstić information content (AvgIpc) is 3.23. The molecule has 1 aliphatic rings. The number of aromatic nitrogens is 1. The number of ether oxygens (including phenoxy) is 1. The number of nitrogens with one attached hydrogen (secondary N) is 2. The van der Waals surface area contributed by atoms with Crippen molar-refractivity contribution in [2.45, 2.75) is 58.8 Å². The first-order valence-electron chi connectivity index (χ1n) is 8.79. The van der Waals surface area contributed by atoms with E-state index in [0.29, 0.717) is 19.3 Å². The smallest absolute Gasteiger partial charge is 0.319 e. The fourth-order valence-corrected chi connectivity index (χ4v) is 3.05. The number of nitrogens with zero attached hydrogens (tertiary/aromatic N) is 1. The summed E-state index contributed by atoms with van der Waals surface area (Å²) in [6, 6.07) is 7.50. The maximum atomic E-state index is 12.0. The van der Waals surface area contributed by atoms with E-state index >= 15 is 0 Å². The largest absolute Gasteiger partial charge is 0.374 e. The number of anilines is 1. The van der Waals surface area contributed by atoms with Crippen molar-refractivity contribution >= 4 is 11.7 Å². The molecule has 6 nitrogen and oxygen atoms in total. The van der Waals surface area contributed by atoms with Gasteiger partial charge in [0, 0.05) is 17.8 Å². The molecule has 3 rings (SSSR count). The number of carbonyl (C=O) groups excluding carboxylic acids is 1. The highest BCUT2D eigenvalue weighted by molar-refractivity contribution is 5.89. The topological polar surface area (TPSA) is 76.4 Å². The molecule has 0 atom stereocenters. The average molecular weight is 343 g/mol. The number of carbonyl (C=O) groups is 1. The molecule has 1 saturated carbocycles. The molecular weight excluding hydrogens is 318 g/mol. The van der Waals surface area contributed by atoms with Crippen LogP contribution in [0.1, 0.15) is 48.3 Å². The molecule has 1 heterocycles. The van der Waals surface area contributed by atoms with Crippen LogP contribution < -0.4 is 10.6 Å². The molecule has 2 N–H and O–H groups in total. The van der Waals surface area contributed by atoms with E-state index < -0.39 is 0 Å². The number of aryl methyl sites for hydroxylation is 2. The first-order chi connectivity index (χ1) is 12.1. The van der Waals surface area contributed by atoms with Crippen molar-refractivity contribution < 1.29 is 14.1 Å². The fraction of sp³-hybridized carbons (Fsp3) is 0.474. The van der Waals surface area contributed by atoms with Crippen LogP contribution in [0.2, 0.25) is 0 Å². The Morgan fingerprint density at radius 3 is 2.60 bits per heavy atom. The summed E-state index contributed by atoms with van der Waals surface area (Å²) in [5.74, 6) is 0.726. The van der Waals surface area contributed by atoms with Crippen molar-refractivity contribution in [1.82, 2.24) is 10.5 Å². The van der Waals surface area contributed by atoms with Crippen molar-refractivity contribution in [3.63, 3.8) is 0 Å². The van der Waals surface area contributed by atoms with Gasteiger partial charge < -0.3 is 19.9 Å². The lowest BCUT2D eigenvalue weighted by Gasteiger charge is -2.12. The van der Waals surface area contributed by atoms with Crippen LogP contribution in [0.15, 0.2) is 28.8 Å². The van der Waals surface area contributed by atoms with Gasteiger partial charge in [-0.2, -0.15) is 0 Å². The lowest BCUT2D eigenvalue weighted by atomic mass is 10.2. The van der Waals surface area contributed by atoms with Gasteiger partial charge in [0.05, 0.1) is 18.4 Å². The highest BCUT2D eigenvalue weighted by Gasteiger charge is 2.15. The lowest BCUT2D eigenvalue weighted by molar-refractivity contribution is 0.0457. The summed E-state index contributed by atoms with van der Waals surface area (Å²) in [4.78, 5) is 12.0. The highest BCUT2D eigenvalue weighted by atomic mass is 16.5. The van der Waals surface area contributed by atoms with Crippen LogP contribution in [0.3, 0.4) is 0 Å². The Kier molecular flexibility index (Phi) is 5.71. The van der Waals surface area contributed by atoms with Gasteiger partial charge in [0.1, 0.15) is 5.76 Å². The molecule has 1 fully saturated rings. The molecule has 1 aliphatic carbocycles. The first kappa shape index (κ1) is 17.5. The lowest BCUT2D eigenvalue weighted by Crippen LogP contribution is -2.28. The van der Waals surface area contributed by atoms with Crippen LogP contribution in [0.25, 0.3) is 0 Å². The molecule has 0 aliphatic heterocycles. The van der Waals surface area contributed by atoms with Gasteiger partial charge >= 0.3 is 6.03 Å². The molecule has 1 aromatic heterocycles. The van der Waals surface area contributed by atoms with E-state index in [1.807, 2.05) is 38.1 Å². The van der Waals surface area contributed by atoms with Crippen molar-refractivity contribution in [2.24, 2.45) is 0 Å². The Morgan fingerprint density at radius 2 is 1.96 bits per heavy atom. The molecule has 0 radical (unpaired) electrons. The van der Waals surface area contributed by atoms with E-state index in [1.54, 1.807) is 0 Å². The second-order valence-corrected chi connectivity index (χ2v) is 6.52. The number of hydrogen-bond donors (Lipinski definition) is 2. The number of benzene rings is 1. The van der Waals surface area contributed by atoms with Crippen molar-refractivity contribution in [3.8, 4) is 0 Å². The van der Waals surface area contributed by atoms with Crippen LogP contribution in [-0.4, -0.2) is 17.3 Å². The van der Waals surface area contributed by atoms with E-state index in [1.165, 1.54) is 25.7 Å². The monoisotopic (exact) mass is 343 g/mol. The van der Waals surface area contributed by atoms with Gasteiger partial charge in [0.2, 0.25) is 0 Å². The predicted molar refractivity (Wildman–Crippen MR) is 95.3 cm³/mol. The van der Waals surface area contributed by atoms with Gasteiger partial charge in [-0.25, -0.2) is 4.79 Å². The summed E-state index contributed by atoms with van der Waals surface area (Å²) in [5.41, 5.74) is 3.58. The molecule has 0 spiro atoms. The standard InChI is InChI=1S/C19H25N3O3/c1-13-18(14(2)25-22-13)11-20-19(23)21-16-9-7-15(8-10-16)12-24-17-5-3-4-6-17/h7-10,17H,3-6,11-12H2,1-2H3,(H2,20,21,23). The third-order valence-electron chi connectivity index (χ3n) is 4.61. The first-order valence-corrected chi connectivity index (χ1v) is 8.79. The minimum atomic E-state index is -0.255. The molecule has 2 amide bonds. The van der Waals surface area contributed by atoms with Gasteiger partial charge in [0.25, 0.3) is 0 Å². The minimum absolute atomic E-state index is 0.255. The summed E-state index contributed by atoms with van der Waals surface area (Å²) in [7, 11) is 0. The summed E-state index contributed by atoms with van der Waals surface area (Å²) in [6.45, 7) is 4.71. The van der Waals surface area contributed by atoms with Gasteiger partial charge in [-0.1, -0.05) is 30.1 Å². The molecule has 6 heteroatoms. The second kappa shape index (κ2) is 8.16. The van der Waals surface area contributed by atoms with Crippen LogP contribution in [0.4, 0.5) is 10.5 Å². The third kappa shape index (κ3) is 4.82. The minimum Gasteiger partial charge on any atom is -0.374 e. The zero-order valence-electron chi connectivity index (χ0n) is 14.8. The van der Waals surface area contributed by atoms with Crippen LogP contribution in [-0.2, 0) is 17.9 Å². The van der Waals surface area contributed by atoms with Crippen molar-refractivity contribution in [1.29, 1.82) is 0 Å². The zero-order valence-corrected chi connectivity index (χ0v) is 14.8. The zero-order chi connectivity index (χ0) is 17.6. The summed E-state index contributed by atoms with van der Waals surface area (Å²) in [6.07, 6.45) is 5.30. The summed E-state index contributed by atoms with van der Waals surface area (Å²) >= 11 is 0. The quantitative estimate of drug-likeness (QED) is 0.829. The molecule has 1 aromatic carbocycles. The predicted octanol–water partition coefficient (Wildman–Crippen LogP) is 4.07. The van der Waals surface area contributed by atoms with E-state index in [4.69, 9.17) is 9.26 Å². The Bertz CT molecular complexity index is 684. The van der Waals surface area contributed by atoms with Crippen molar-refractivity contribution in [3.05, 3.63) is 46.8 Å². The molecule has 25 heavy (non-hydrogen) atoms. The molecule has 2 aromatic rings. The van der Waals surface area contributed by atoms with Gasteiger partial charge in [-0.3, -0.25) is 0 Å². The molecule has 0 saturated heterocycles. The maximum absolute atomic E-state index is 12.0. The highest BCUT2D eigenvalue weighted by Crippen LogP contribution is 2.22. The van der Waals surface area contributed by atoms with Crippen molar-refractivity contribution in [2.75, 3.05) is 5.32 Å². The Hall–Kier alpha value is -2.34. The number of amides is 2. The van der Waals surface area contributed by atoms with Gasteiger partial charge in [0.15, 0.2) is 0 Å². The van der Waals surface area contributed by atoms with E-state index in [2.05, 4.69) is 15.8 Å². The Balaban J connectivity index is 1.45. The number of rotatable bonds is 6. The Labute approximate surface area is 147 Å². The molecule has 0 bridgehead atoms. The van der Waals surface area contributed by atoms with Crippen LogP contribution in [0, 0.1) is 13.8 Å². The summed E-state index contributed by atoms with van der Waals surface area (Å²) < 4.78 is 11.0. The Morgan fingerprint density at radius 1 is 1.24 bits per heavy atom. The maximum Gasteiger partial charge on any atom is 0.319 e. The normalized spacial score (nSPS) is 14.6. The van der Waals surface area contributed by atoms with Crippen LogP contribution in [0.5, 0.6) is 0 Å². The second-order valence-electron chi connectivity index (χ2n) is 6.52. The summed E-state index contributed by atoms with van der Waals surface area (Å²) in [5, 5.41) is 9.52. The fourth-order valence-electron chi connectivity index (χ4n) is 3.05. The van der Waals surface area contributed by atoms with E-state index in [0.717, 1.165) is 28.3 Å². The third-order valence-corrected chi connectivity index (χ3v) is 4.61. The van der Waals surface area contributed by atoms with E-state index in [-0.39, 0.29) is 6.03 Å². The SMILES string of the molecule is Cc1noc(C)c1CNC(=O)Nc1ccc(COC2CCCC2)cc1. The number of hydrogen-bond acceptors (Lipinski definition) is 4.